The van der Waals surface area contributed by atoms with Gasteiger partial charge in [0.2, 0.25) is 5.91 Å². The Morgan fingerprint density at radius 1 is 1.26 bits per heavy atom. The van der Waals surface area contributed by atoms with Crippen molar-refractivity contribution in [2.24, 2.45) is 0 Å². The van der Waals surface area contributed by atoms with Gasteiger partial charge < -0.3 is 29.6 Å². The Labute approximate surface area is 225 Å². The predicted molar refractivity (Wildman–Crippen MR) is 143 cm³/mol. The van der Waals surface area contributed by atoms with Crippen molar-refractivity contribution in [1.29, 1.82) is 0 Å². The van der Waals surface area contributed by atoms with E-state index in [1.165, 1.54) is 17.2 Å². The lowest BCUT2D eigenvalue weighted by molar-refractivity contribution is -0.128. The number of pyridine rings is 1. The van der Waals surface area contributed by atoms with E-state index in [-0.39, 0.29) is 24.1 Å². The van der Waals surface area contributed by atoms with Crippen LogP contribution in [0.25, 0.3) is 11.0 Å². The summed E-state index contributed by atoms with van der Waals surface area (Å²) in [4.78, 5) is 30.0. The average molecular weight is 566 g/mol. The molecule has 38 heavy (non-hydrogen) atoms. The molecule has 1 unspecified atom stereocenters. The number of hydrogen-bond donors (Lipinski definition) is 2. The molecule has 1 fully saturated rings. The molecule has 1 aliphatic rings. The maximum Gasteiger partial charge on any atom is 0.319 e. The first kappa shape index (κ1) is 27.8. The van der Waals surface area contributed by atoms with Crippen molar-refractivity contribution in [3.63, 3.8) is 0 Å². The van der Waals surface area contributed by atoms with E-state index in [1.54, 1.807) is 17.8 Å². The predicted octanol–water partition coefficient (Wildman–Crippen LogP) is 5.42. The van der Waals surface area contributed by atoms with E-state index in [1.807, 2.05) is 0 Å². The fourth-order valence-corrected chi connectivity index (χ4v) is 5.04. The number of nitrogens with zero attached hydrogens (tertiary/aromatic N) is 3. The zero-order valence-corrected chi connectivity index (χ0v) is 23.4. The Balaban J connectivity index is 1.47. The summed E-state index contributed by atoms with van der Waals surface area (Å²) in [6, 6.07) is 2.88. The minimum Gasteiger partial charge on any atom is -0.450 e. The number of halogens is 3. The Morgan fingerprint density at radius 3 is 2.61 bits per heavy atom. The molecule has 3 heterocycles. The molecular formula is C25H30ClF2N5O4Si. The molecule has 0 spiro atoms. The van der Waals surface area contributed by atoms with E-state index in [2.05, 4.69) is 35.3 Å². The van der Waals surface area contributed by atoms with Crippen LogP contribution in [0.4, 0.5) is 19.3 Å². The number of ether oxygens (including phenoxy) is 2. The molecule has 2 N–H and O–H groups in total. The summed E-state index contributed by atoms with van der Waals surface area (Å²) in [5.74, 6) is -2.85. The van der Waals surface area contributed by atoms with Crippen LogP contribution in [0, 0.1) is 11.6 Å². The molecule has 4 rings (SSSR count). The number of carbonyl (C=O) groups is 2. The number of urea groups is 1. The second-order valence-electron chi connectivity index (χ2n) is 10.4. The van der Waals surface area contributed by atoms with Crippen molar-refractivity contribution >= 4 is 48.3 Å². The molecule has 13 heteroatoms. The van der Waals surface area contributed by atoms with Gasteiger partial charge in [-0.05, 0) is 18.5 Å². The van der Waals surface area contributed by atoms with Crippen molar-refractivity contribution in [2.75, 3.05) is 25.5 Å². The second-order valence-corrected chi connectivity index (χ2v) is 16.4. The lowest BCUT2D eigenvalue weighted by Crippen LogP contribution is -2.42. The van der Waals surface area contributed by atoms with Crippen molar-refractivity contribution in [2.45, 2.75) is 44.9 Å². The quantitative estimate of drug-likeness (QED) is 0.266. The van der Waals surface area contributed by atoms with Crippen LogP contribution in [-0.2, 0) is 16.3 Å². The number of anilines is 1. The standard InChI is InChI=1S/C25H30ClF2N5O4Si/c1-32-8-6-19(24(32)34)31-25(35)30-15-11-17(27)22(18(28)12-15)37-20-5-7-29-23-21(20)16(26)13-33(23)14-36-9-10-38(2,3)4/h5,7,11-13,19H,6,8-10,14H2,1-4H3,(H2,30,31,35). The molecule has 1 aliphatic heterocycles. The van der Waals surface area contributed by atoms with Crippen molar-refractivity contribution in [3.8, 4) is 11.5 Å². The number of hydrogen-bond acceptors (Lipinski definition) is 5. The first-order valence-electron chi connectivity index (χ1n) is 12.1. The van der Waals surface area contributed by atoms with Crippen LogP contribution < -0.4 is 15.4 Å². The first-order chi connectivity index (χ1) is 17.9. The third-order valence-corrected chi connectivity index (χ3v) is 8.09. The number of benzene rings is 1. The Hall–Kier alpha value is -3.22. The zero-order valence-electron chi connectivity index (χ0n) is 21.6. The van der Waals surface area contributed by atoms with Crippen LogP contribution in [0.3, 0.4) is 0 Å². The van der Waals surface area contributed by atoms with Crippen LogP contribution in [0.15, 0.2) is 30.6 Å². The van der Waals surface area contributed by atoms with E-state index < -0.39 is 37.5 Å². The number of amides is 3. The number of fused-ring (bicyclic) bond motifs is 1. The van der Waals surface area contributed by atoms with E-state index >= 15 is 0 Å². The maximum atomic E-state index is 14.9. The molecule has 3 aromatic rings. The highest BCUT2D eigenvalue weighted by atomic mass is 35.5. The van der Waals surface area contributed by atoms with E-state index in [0.717, 1.165) is 18.2 Å². The van der Waals surface area contributed by atoms with Gasteiger partial charge in [0.05, 0.1) is 10.4 Å². The van der Waals surface area contributed by atoms with Gasteiger partial charge in [-0.3, -0.25) is 4.79 Å². The first-order valence-corrected chi connectivity index (χ1v) is 16.2. The van der Waals surface area contributed by atoms with E-state index in [4.69, 9.17) is 21.1 Å². The number of likely N-dealkylation sites (N-methyl/N-ethyl adjacent to an activating group) is 1. The van der Waals surface area contributed by atoms with Crippen LogP contribution in [0.2, 0.25) is 30.7 Å². The van der Waals surface area contributed by atoms with Crippen molar-refractivity contribution < 1.29 is 27.8 Å². The number of nitrogens with one attached hydrogen (secondary N) is 2. The Kier molecular flexibility index (Phi) is 8.24. The molecule has 0 aliphatic carbocycles. The third-order valence-electron chi connectivity index (χ3n) is 6.10. The topological polar surface area (TPSA) is 97.7 Å². The zero-order chi connectivity index (χ0) is 27.6. The Bertz CT molecular complexity index is 1340. The van der Waals surface area contributed by atoms with Crippen LogP contribution >= 0.6 is 11.6 Å². The summed E-state index contributed by atoms with van der Waals surface area (Å²) in [5.41, 5.74) is 0.312. The lowest BCUT2D eigenvalue weighted by atomic mass is 10.2. The monoisotopic (exact) mass is 565 g/mol. The van der Waals surface area contributed by atoms with Gasteiger partial charge in [0.25, 0.3) is 0 Å². The number of rotatable bonds is 9. The molecule has 1 atom stereocenters. The number of aromatic nitrogens is 2. The Morgan fingerprint density at radius 2 is 1.97 bits per heavy atom. The number of likely N-dealkylation sites (tertiary alicyclic amines) is 1. The molecule has 204 valence electrons. The molecule has 9 nitrogen and oxygen atoms in total. The molecule has 1 aromatic carbocycles. The molecule has 3 amide bonds. The van der Waals surface area contributed by atoms with Gasteiger partial charge in [-0.2, -0.15) is 0 Å². The van der Waals surface area contributed by atoms with Gasteiger partial charge in [0.1, 0.15) is 24.2 Å². The summed E-state index contributed by atoms with van der Waals surface area (Å²) < 4.78 is 42.9. The normalized spacial score (nSPS) is 15.8. The van der Waals surface area contributed by atoms with E-state index in [0.29, 0.717) is 35.6 Å². The molecular weight excluding hydrogens is 536 g/mol. The fraction of sp³-hybridized carbons (Fsp3) is 0.400. The highest BCUT2D eigenvalue weighted by Crippen LogP contribution is 2.37. The highest BCUT2D eigenvalue weighted by molar-refractivity contribution is 6.76. The van der Waals surface area contributed by atoms with Crippen LogP contribution in [0.5, 0.6) is 11.5 Å². The van der Waals surface area contributed by atoms with Gasteiger partial charge in [-0.1, -0.05) is 31.2 Å². The minimum absolute atomic E-state index is 0.112. The van der Waals surface area contributed by atoms with Gasteiger partial charge in [0, 0.05) is 58.5 Å². The van der Waals surface area contributed by atoms with E-state index in [9.17, 15) is 18.4 Å². The molecule has 0 bridgehead atoms. The van der Waals surface area contributed by atoms with Crippen LogP contribution in [-0.4, -0.2) is 60.7 Å². The second kappa shape index (κ2) is 11.3. The summed E-state index contributed by atoms with van der Waals surface area (Å²) in [7, 11) is 0.389. The van der Waals surface area contributed by atoms with Gasteiger partial charge in [0.15, 0.2) is 17.4 Å². The molecule has 1 saturated heterocycles. The van der Waals surface area contributed by atoms with Crippen molar-refractivity contribution in [1.82, 2.24) is 19.8 Å². The molecule has 2 aromatic heterocycles. The maximum absolute atomic E-state index is 14.9. The van der Waals surface area contributed by atoms with Gasteiger partial charge >= 0.3 is 6.03 Å². The average Bonchev–Trinajstić information content (AvgIpc) is 3.32. The van der Waals surface area contributed by atoms with Gasteiger partial charge in [-0.15, -0.1) is 0 Å². The fourth-order valence-electron chi connectivity index (χ4n) is 3.98. The van der Waals surface area contributed by atoms with Gasteiger partial charge in [-0.25, -0.2) is 18.6 Å². The van der Waals surface area contributed by atoms with Crippen LogP contribution in [0.1, 0.15) is 6.42 Å². The largest absolute Gasteiger partial charge is 0.450 e. The van der Waals surface area contributed by atoms with Crippen molar-refractivity contribution in [3.05, 3.63) is 47.2 Å². The summed E-state index contributed by atoms with van der Waals surface area (Å²) >= 11 is 6.43. The minimum atomic E-state index is -1.24. The lowest BCUT2D eigenvalue weighted by Gasteiger charge is -2.15. The smallest absolute Gasteiger partial charge is 0.319 e. The highest BCUT2D eigenvalue weighted by Gasteiger charge is 2.30. The molecule has 0 saturated carbocycles. The SMILES string of the molecule is CN1CCC(NC(=O)Nc2cc(F)c(Oc3ccnc4c3c(Cl)cn4COCC[Si](C)(C)C)c(F)c2)C1=O. The summed E-state index contributed by atoms with van der Waals surface area (Å²) in [5, 5.41) is 5.53. The number of carbonyl (C=O) groups excluding carboxylic acids is 2. The summed E-state index contributed by atoms with van der Waals surface area (Å²) in [6.45, 7) is 8.12. The third kappa shape index (κ3) is 6.42. The molecule has 0 radical (unpaired) electrons. The summed E-state index contributed by atoms with van der Waals surface area (Å²) in [6.07, 6.45) is 3.53.